The molecule has 0 saturated heterocycles. The number of pyridine rings is 1. The summed E-state index contributed by atoms with van der Waals surface area (Å²) in [5, 5.41) is 19.5. The van der Waals surface area contributed by atoms with Gasteiger partial charge in [0.25, 0.3) is 0 Å². The highest BCUT2D eigenvalue weighted by atomic mass is 16.9. The molecule has 0 saturated carbocycles. The number of quaternary nitrogens is 1. The molecule has 2 rings (SSSR count). The summed E-state index contributed by atoms with van der Waals surface area (Å²) in [6.45, 7) is 10.3. The van der Waals surface area contributed by atoms with E-state index in [0.717, 1.165) is 12.1 Å². The van der Waals surface area contributed by atoms with Crippen LogP contribution in [-0.2, 0) is 4.84 Å². The average molecular weight is 321 g/mol. The molecule has 7 nitrogen and oxygen atoms in total. The fraction of sp³-hybridized carbons (Fsp3) is 0.562. The summed E-state index contributed by atoms with van der Waals surface area (Å²) in [5.41, 5.74) is 1.22. The van der Waals surface area contributed by atoms with Crippen molar-refractivity contribution in [2.75, 3.05) is 25.5 Å². The molecular weight excluding hydrogens is 294 g/mol. The van der Waals surface area contributed by atoms with E-state index in [9.17, 15) is 5.21 Å². The zero-order valence-electron chi connectivity index (χ0n) is 14.5. The minimum absolute atomic E-state index is 0.377. The lowest BCUT2D eigenvalue weighted by atomic mass is 10.2. The van der Waals surface area contributed by atoms with Crippen LogP contribution in [-0.4, -0.2) is 46.8 Å². The normalized spacial score (nSPS) is 13.4. The quantitative estimate of drug-likeness (QED) is 0.720. The van der Waals surface area contributed by atoms with Crippen molar-refractivity contribution in [3.63, 3.8) is 0 Å². The third-order valence-corrected chi connectivity index (χ3v) is 3.92. The fourth-order valence-corrected chi connectivity index (χ4v) is 2.84. The maximum Gasteiger partial charge on any atom is 0.234 e. The van der Waals surface area contributed by atoms with Gasteiger partial charge < -0.3 is 10.5 Å². The van der Waals surface area contributed by atoms with Gasteiger partial charge in [0.2, 0.25) is 11.5 Å². The van der Waals surface area contributed by atoms with E-state index in [1.807, 2.05) is 24.4 Å². The van der Waals surface area contributed by atoms with Crippen LogP contribution in [0.5, 0.6) is 0 Å². The van der Waals surface area contributed by atoms with Crippen molar-refractivity contribution < 1.29 is 10.1 Å². The van der Waals surface area contributed by atoms with Crippen LogP contribution in [0.4, 0.5) is 11.5 Å². The number of fused-ring (bicyclic) bond motifs is 1. The maximum atomic E-state index is 12.1. The standard InChI is InChI=1S/C16H27N5O2/c1-12(2)19(13(3)4)11-9-17-16-15(21(22)23-5)14-8-6-7-10-20(14)18-16/h6-8,10,12-13,21H,9,11H2,1-5H3,(H,17,18). The topological polar surface area (TPSA) is 69.3 Å². The molecule has 0 aromatic carbocycles. The second-order valence-corrected chi connectivity index (χ2v) is 6.10. The third-order valence-electron chi connectivity index (χ3n) is 3.92. The molecule has 0 aliphatic rings. The van der Waals surface area contributed by atoms with Crippen LogP contribution >= 0.6 is 0 Å². The Morgan fingerprint density at radius 3 is 2.61 bits per heavy atom. The van der Waals surface area contributed by atoms with Gasteiger partial charge >= 0.3 is 0 Å². The zero-order chi connectivity index (χ0) is 17.0. The Bertz CT molecular complexity index is 618. The number of aromatic nitrogens is 2. The van der Waals surface area contributed by atoms with Gasteiger partial charge in [-0.25, -0.2) is 9.35 Å². The van der Waals surface area contributed by atoms with Crippen LogP contribution < -0.4 is 10.5 Å². The molecule has 0 aliphatic heterocycles. The highest BCUT2D eigenvalue weighted by Crippen LogP contribution is 2.22. The van der Waals surface area contributed by atoms with Crippen molar-refractivity contribution >= 4 is 17.0 Å². The first-order valence-electron chi connectivity index (χ1n) is 8.01. The van der Waals surface area contributed by atoms with E-state index in [4.69, 9.17) is 4.84 Å². The predicted octanol–water partition coefficient (Wildman–Crippen LogP) is 1.44. The molecule has 0 amide bonds. The first kappa shape index (κ1) is 17.7. The van der Waals surface area contributed by atoms with Crippen LogP contribution in [0.1, 0.15) is 27.7 Å². The van der Waals surface area contributed by atoms with Gasteiger partial charge in [0.1, 0.15) is 5.52 Å². The molecule has 128 valence electrons. The van der Waals surface area contributed by atoms with Crippen molar-refractivity contribution in [1.82, 2.24) is 14.5 Å². The molecular formula is C16H27N5O2. The molecule has 0 fully saturated rings. The summed E-state index contributed by atoms with van der Waals surface area (Å²) in [7, 11) is 1.39. The first-order chi connectivity index (χ1) is 11.0. The molecule has 0 bridgehead atoms. The van der Waals surface area contributed by atoms with Gasteiger partial charge in [-0.15, -0.1) is 5.10 Å². The zero-order valence-corrected chi connectivity index (χ0v) is 14.5. The van der Waals surface area contributed by atoms with Crippen LogP contribution in [0.15, 0.2) is 24.4 Å². The van der Waals surface area contributed by atoms with Gasteiger partial charge in [0, 0.05) is 31.4 Å². The third kappa shape index (κ3) is 4.00. The Hall–Kier alpha value is -1.67. The maximum absolute atomic E-state index is 12.1. The van der Waals surface area contributed by atoms with Crippen molar-refractivity contribution in [3.05, 3.63) is 29.6 Å². The van der Waals surface area contributed by atoms with E-state index in [1.54, 1.807) is 4.52 Å². The summed E-state index contributed by atoms with van der Waals surface area (Å²) in [5.74, 6) is 0.565. The summed E-state index contributed by atoms with van der Waals surface area (Å²) in [6.07, 6.45) is 1.82. The van der Waals surface area contributed by atoms with Gasteiger partial charge in [-0.1, -0.05) is 6.07 Å². The Balaban J connectivity index is 2.16. The van der Waals surface area contributed by atoms with Gasteiger partial charge in [-0.3, -0.25) is 4.90 Å². The Morgan fingerprint density at radius 1 is 1.30 bits per heavy atom. The summed E-state index contributed by atoms with van der Waals surface area (Å²) in [6, 6.07) is 6.56. The lowest BCUT2D eigenvalue weighted by molar-refractivity contribution is -0.991. The van der Waals surface area contributed by atoms with Crippen molar-refractivity contribution in [2.24, 2.45) is 0 Å². The van der Waals surface area contributed by atoms with Crippen LogP contribution in [0.2, 0.25) is 0 Å². The van der Waals surface area contributed by atoms with E-state index in [-0.39, 0.29) is 5.23 Å². The molecule has 2 heterocycles. The lowest BCUT2D eigenvalue weighted by Gasteiger charge is -2.30. The molecule has 1 unspecified atom stereocenters. The number of rotatable bonds is 8. The molecule has 2 aromatic heterocycles. The molecule has 2 aromatic rings. The molecule has 0 aliphatic carbocycles. The number of nitrogens with one attached hydrogen (secondary N) is 2. The molecule has 23 heavy (non-hydrogen) atoms. The van der Waals surface area contributed by atoms with Crippen molar-refractivity contribution in [1.29, 1.82) is 0 Å². The number of anilines is 1. The fourth-order valence-electron chi connectivity index (χ4n) is 2.84. The molecule has 0 radical (unpaired) electrons. The Kier molecular flexibility index (Phi) is 5.95. The van der Waals surface area contributed by atoms with Crippen LogP contribution in [0.3, 0.4) is 0 Å². The number of hydrogen-bond acceptors (Lipinski definition) is 5. The minimum atomic E-state index is -0.377. The SMILES string of the molecule is CO[NH+]([O-])c1c(NCCN(C(C)C)C(C)C)nn2ccccc12. The number of hydrogen-bond donors (Lipinski definition) is 2. The molecule has 2 N–H and O–H groups in total. The summed E-state index contributed by atoms with van der Waals surface area (Å²) >= 11 is 0. The predicted molar refractivity (Wildman–Crippen MR) is 91.7 cm³/mol. The van der Waals surface area contributed by atoms with Gasteiger partial charge in [0.15, 0.2) is 0 Å². The van der Waals surface area contributed by atoms with Gasteiger partial charge in [-0.2, -0.15) is 5.23 Å². The smallest absolute Gasteiger partial charge is 0.234 e. The van der Waals surface area contributed by atoms with Crippen LogP contribution in [0, 0.1) is 5.21 Å². The van der Waals surface area contributed by atoms with Gasteiger partial charge in [0.05, 0.1) is 7.11 Å². The average Bonchev–Trinajstić information content (AvgIpc) is 2.88. The van der Waals surface area contributed by atoms with Crippen LogP contribution in [0.25, 0.3) is 5.52 Å². The summed E-state index contributed by atoms with van der Waals surface area (Å²) < 4.78 is 1.69. The molecule has 7 heteroatoms. The van der Waals surface area contributed by atoms with E-state index < -0.39 is 0 Å². The Morgan fingerprint density at radius 2 is 2.00 bits per heavy atom. The lowest BCUT2D eigenvalue weighted by Crippen LogP contribution is -3.00. The molecule has 0 spiro atoms. The van der Waals surface area contributed by atoms with Crippen molar-refractivity contribution in [3.8, 4) is 0 Å². The first-order valence-corrected chi connectivity index (χ1v) is 8.01. The second-order valence-electron chi connectivity index (χ2n) is 6.10. The second kappa shape index (κ2) is 7.74. The van der Waals surface area contributed by atoms with Crippen molar-refractivity contribution in [2.45, 2.75) is 39.8 Å². The summed E-state index contributed by atoms with van der Waals surface area (Å²) in [4.78, 5) is 7.29. The molecule has 1 atom stereocenters. The van der Waals surface area contributed by atoms with E-state index in [0.29, 0.717) is 30.1 Å². The minimum Gasteiger partial charge on any atom is -0.594 e. The van der Waals surface area contributed by atoms with E-state index >= 15 is 0 Å². The van der Waals surface area contributed by atoms with E-state index in [2.05, 4.69) is 43.0 Å². The Labute approximate surface area is 137 Å². The van der Waals surface area contributed by atoms with Gasteiger partial charge in [-0.05, 0) is 39.8 Å². The van der Waals surface area contributed by atoms with E-state index in [1.165, 1.54) is 7.11 Å². The number of nitrogens with zero attached hydrogens (tertiary/aromatic N) is 3. The largest absolute Gasteiger partial charge is 0.594 e. The highest BCUT2D eigenvalue weighted by molar-refractivity contribution is 5.76. The highest BCUT2D eigenvalue weighted by Gasteiger charge is 2.20. The monoisotopic (exact) mass is 321 g/mol.